The standard InChI is InChI=1S/C14H21N3/c1-3-12-4-6-14(11-15,7-5-12)8-13-9-16-17(2)10-13/h9-10,12H,3-8H2,1-2H3. The van der Waals surface area contributed by atoms with Gasteiger partial charge in [0.25, 0.3) is 0 Å². The van der Waals surface area contributed by atoms with Gasteiger partial charge in [-0.15, -0.1) is 0 Å². The predicted octanol–water partition coefficient (Wildman–Crippen LogP) is 3.07. The Kier molecular flexibility index (Phi) is 3.51. The Morgan fingerprint density at radius 2 is 2.24 bits per heavy atom. The number of nitrogens with zero attached hydrogens (tertiary/aromatic N) is 3. The molecule has 0 aliphatic heterocycles. The Labute approximate surface area is 103 Å². The van der Waals surface area contributed by atoms with E-state index in [-0.39, 0.29) is 5.41 Å². The largest absolute Gasteiger partial charge is 0.276 e. The molecule has 0 amide bonds. The zero-order chi connectivity index (χ0) is 12.3. The van der Waals surface area contributed by atoms with Crippen molar-refractivity contribution in [1.29, 1.82) is 5.26 Å². The molecule has 17 heavy (non-hydrogen) atoms. The van der Waals surface area contributed by atoms with E-state index in [9.17, 15) is 5.26 Å². The zero-order valence-electron chi connectivity index (χ0n) is 10.8. The zero-order valence-corrected chi connectivity index (χ0v) is 10.8. The summed E-state index contributed by atoms with van der Waals surface area (Å²) in [5.74, 6) is 0.838. The van der Waals surface area contributed by atoms with Gasteiger partial charge >= 0.3 is 0 Å². The van der Waals surface area contributed by atoms with Crippen molar-refractivity contribution < 1.29 is 0 Å². The molecule has 0 saturated heterocycles. The Hall–Kier alpha value is -1.30. The Morgan fingerprint density at radius 1 is 1.53 bits per heavy atom. The summed E-state index contributed by atoms with van der Waals surface area (Å²) in [5.41, 5.74) is 1.07. The minimum absolute atomic E-state index is 0.130. The first kappa shape index (κ1) is 12.2. The van der Waals surface area contributed by atoms with Gasteiger partial charge in [-0.3, -0.25) is 4.68 Å². The van der Waals surface area contributed by atoms with Gasteiger partial charge in [-0.05, 0) is 43.6 Å². The SMILES string of the molecule is CCC1CCC(C#N)(Cc2cnn(C)c2)CC1. The highest BCUT2D eigenvalue weighted by molar-refractivity contribution is 5.14. The van der Waals surface area contributed by atoms with Crippen LogP contribution in [0.1, 0.15) is 44.6 Å². The number of nitriles is 1. The van der Waals surface area contributed by atoms with E-state index >= 15 is 0 Å². The van der Waals surface area contributed by atoms with Gasteiger partial charge in [0.05, 0.1) is 17.7 Å². The molecule has 1 heterocycles. The number of aryl methyl sites for hydroxylation is 1. The molecule has 0 unspecified atom stereocenters. The monoisotopic (exact) mass is 231 g/mol. The van der Waals surface area contributed by atoms with Gasteiger partial charge in [0.2, 0.25) is 0 Å². The molecule has 3 heteroatoms. The molecular weight excluding hydrogens is 210 g/mol. The highest BCUT2D eigenvalue weighted by atomic mass is 15.2. The van der Waals surface area contributed by atoms with E-state index in [1.807, 2.05) is 24.1 Å². The third-order valence-corrected chi connectivity index (χ3v) is 4.18. The molecule has 92 valence electrons. The van der Waals surface area contributed by atoms with Gasteiger partial charge in [-0.2, -0.15) is 10.4 Å². The third kappa shape index (κ3) is 2.69. The number of hydrogen-bond acceptors (Lipinski definition) is 2. The minimum Gasteiger partial charge on any atom is -0.276 e. The quantitative estimate of drug-likeness (QED) is 0.802. The molecular formula is C14H21N3. The second-order valence-corrected chi connectivity index (χ2v) is 5.44. The summed E-state index contributed by atoms with van der Waals surface area (Å²) in [6.45, 7) is 2.26. The van der Waals surface area contributed by atoms with Crippen LogP contribution in [0.5, 0.6) is 0 Å². The fourth-order valence-electron chi connectivity index (χ4n) is 2.92. The van der Waals surface area contributed by atoms with Crippen LogP contribution in [0.3, 0.4) is 0 Å². The lowest BCUT2D eigenvalue weighted by atomic mass is 9.68. The average molecular weight is 231 g/mol. The van der Waals surface area contributed by atoms with Crippen molar-refractivity contribution in [3.05, 3.63) is 18.0 Å². The van der Waals surface area contributed by atoms with Crippen LogP contribution in [-0.4, -0.2) is 9.78 Å². The number of rotatable bonds is 3. The molecule has 0 atom stereocenters. The molecule has 1 aliphatic carbocycles. The summed E-state index contributed by atoms with van der Waals surface area (Å²) in [7, 11) is 1.93. The lowest BCUT2D eigenvalue weighted by molar-refractivity contribution is 0.205. The van der Waals surface area contributed by atoms with E-state index in [0.29, 0.717) is 0 Å². The van der Waals surface area contributed by atoms with Crippen LogP contribution in [0, 0.1) is 22.7 Å². The van der Waals surface area contributed by atoms with Crippen molar-refractivity contribution >= 4 is 0 Å². The average Bonchev–Trinajstić information content (AvgIpc) is 2.75. The van der Waals surface area contributed by atoms with E-state index in [2.05, 4.69) is 18.1 Å². The fourth-order valence-corrected chi connectivity index (χ4v) is 2.92. The molecule has 1 aromatic rings. The molecule has 1 aliphatic rings. The van der Waals surface area contributed by atoms with E-state index in [1.165, 1.54) is 24.8 Å². The van der Waals surface area contributed by atoms with Crippen LogP contribution in [0.15, 0.2) is 12.4 Å². The summed E-state index contributed by atoms with van der Waals surface area (Å²) >= 11 is 0. The lowest BCUT2D eigenvalue weighted by Gasteiger charge is -2.34. The van der Waals surface area contributed by atoms with Crippen molar-refractivity contribution in [3.8, 4) is 6.07 Å². The summed E-state index contributed by atoms with van der Waals surface area (Å²) in [4.78, 5) is 0. The normalized spacial score (nSPS) is 28.9. The van der Waals surface area contributed by atoms with E-state index < -0.39 is 0 Å². The van der Waals surface area contributed by atoms with Crippen LogP contribution in [0.4, 0.5) is 0 Å². The Balaban J connectivity index is 2.04. The van der Waals surface area contributed by atoms with Crippen LogP contribution in [-0.2, 0) is 13.5 Å². The van der Waals surface area contributed by atoms with Crippen molar-refractivity contribution in [2.75, 3.05) is 0 Å². The third-order valence-electron chi connectivity index (χ3n) is 4.18. The second kappa shape index (κ2) is 4.91. The second-order valence-electron chi connectivity index (χ2n) is 5.44. The fraction of sp³-hybridized carbons (Fsp3) is 0.714. The molecule has 0 bridgehead atoms. The molecule has 3 nitrogen and oxygen atoms in total. The predicted molar refractivity (Wildman–Crippen MR) is 67.2 cm³/mol. The van der Waals surface area contributed by atoms with Crippen LogP contribution >= 0.6 is 0 Å². The molecule has 0 aromatic carbocycles. The smallest absolute Gasteiger partial charge is 0.0693 e. The van der Waals surface area contributed by atoms with Gasteiger partial charge in [-0.1, -0.05) is 13.3 Å². The highest BCUT2D eigenvalue weighted by Crippen LogP contribution is 2.41. The van der Waals surface area contributed by atoms with E-state index in [4.69, 9.17) is 0 Å². The van der Waals surface area contributed by atoms with Crippen LogP contribution < -0.4 is 0 Å². The van der Waals surface area contributed by atoms with E-state index in [0.717, 1.165) is 25.2 Å². The van der Waals surface area contributed by atoms with Gasteiger partial charge in [-0.25, -0.2) is 0 Å². The van der Waals surface area contributed by atoms with Crippen molar-refractivity contribution in [1.82, 2.24) is 9.78 Å². The van der Waals surface area contributed by atoms with Crippen LogP contribution in [0.2, 0.25) is 0 Å². The molecule has 2 rings (SSSR count). The molecule has 1 fully saturated rings. The highest BCUT2D eigenvalue weighted by Gasteiger charge is 2.35. The maximum atomic E-state index is 9.49. The lowest BCUT2D eigenvalue weighted by Crippen LogP contribution is -2.28. The van der Waals surface area contributed by atoms with Crippen molar-refractivity contribution in [2.24, 2.45) is 18.4 Å². The summed E-state index contributed by atoms with van der Waals surface area (Å²) < 4.78 is 1.82. The maximum absolute atomic E-state index is 9.49. The van der Waals surface area contributed by atoms with Gasteiger partial charge in [0, 0.05) is 13.2 Å². The molecule has 0 N–H and O–H groups in total. The number of aromatic nitrogens is 2. The minimum atomic E-state index is -0.130. The summed E-state index contributed by atoms with van der Waals surface area (Å²) in [6, 6.07) is 2.58. The molecule has 1 saturated carbocycles. The first-order valence-corrected chi connectivity index (χ1v) is 6.56. The van der Waals surface area contributed by atoms with Gasteiger partial charge in [0.15, 0.2) is 0 Å². The molecule has 0 spiro atoms. The number of hydrogen-bond donors (Lipinski definition) is 0. The Bertz CT molecular complexity index is 405. The van der Waals surface area contributed by atoms with E-state index in [1.54, 1.807) is 0 Å². The molecule has 1 aromatic heterocycles. The van der Waals surface area contributed by atoms with Crippen molar-refractivity contribution in [2.45, 2.75) is 45.4 Å². The molecule has 0 radical (unpaired) electrons. The maximum Gasteiger partial charge on any atom is 0.0693 e. The Morgan fingerprint density at radius 3 is 2.71 bits per heavy atom. The van der Waals surface area contributed by atoms with Gasteiger partial charge in [0.1, 0.15) is 0 Å². The first-order valence-electron chi connectivity index (χ1n) is 6.56. The summed E-state index contributed by atoms with van der Waals surface area (Å²) in [5, 5.41) is 13.7. The first-order chi connectivity index (χ1) is 8.17. The topological polar surface area (TPSA) is 41.6 Å². The van der Waals surface area contributed by atoms with Gasteiger partial charge < -0.3 is 0 Å². The van der Waals surface area contributed by atoms with Crippen molar-refractivity contribution in [3.63, 3.8) is 0 Å². The summed E-state index contributed by atoms with van der Waals surface area (Å²) in [6.07, 6.45) is 10.6. The van der Waals surface area contributed by atoms with Crippen LogP contribution in [0.25, 0.3) is 0 Å².